The van der Waals surface area contributed by atoms with Crippen molar-refractivity contribution in [2.24, 2.45) is 0 Å². The maximum Gasteiger partial charge on any atom is 0.152 e. The third kappa shape index (κ3) is 1.55. The lowest BCUT2D eigenvalue weighted by Gasteiger charge is -2.02. The smallest absolute Gasteiger partial charge is 0.152 e. The summed E-state index contributed by atoms with van der Waals surface area (Å²) in [5, 5.41) is 0. The molecule has 0 unspecified atom stereocenters. The van der Waals surface area contributed by atoms with Gasteiger partial charge in [0.25, 0.3) is 0 Å². The van der Waals surface area contributed by atoms with Gasteiger partial charge in [-0.3, -0.25) is 9.78 Å². The van der Waals surface area contributed by atoms with Crippen molar-refractivity contribution in [2.45, 2.75) is 0 Å². The molecule has 1 aromatic heterocycles. The van der Waals surface area contributed by atoms with Crippen molar-refractivity contribution < 1.29 is 4.79 Å². The van der Waals surface area contributed by atoms with Crippen molar-refractivity contribution in [2.75, 3.05) is 0 Å². The summed E-state index contributed by atoms with van der Waals surface area (Å²) < 4.78 is 0. The van der Waals surface area contributed by atoms with Gasteiger partial charge in [0.1, 0.15) is 0 Å². The molecular weight excluding hydrogens is 174 g/mol. The minimum Gasteiger partial charge on any atom is -0.298 e. The van der Waals surface area contributed by atoms with Crippen molar-refractivity contribution in [1.29, 1.82) is 0 Å². The van der Waals surface area contributed by atoms with Crippen LogP contribution in [0.15, 0.2) is 48.7 Å². The van der Waals surface area contributed by atoms with E-state index in [2.05, 4.69) is 4.98 Å². The van der Waals surface area contributed by atoms with Gasteiger partial charge >= 0.3 is 0 Å². The third-order valence-corrected chi connectivity index (χ3v) is 2.01. The van der Waals surface area contributed by atoms with Crippen molar-refractivity contribution in [3.63, 3.8) is 0 Å². The van der Waals surface area contributed by atoms with E-state index in [1.54, 1.807) is 18.3 Å². The number of nitrogens with zero attached hydrogens (tertiary/aromatic N) is 1. The molecule has 0 fully saturated rings. The Balaban J connectivity index is 2.57. The SMILES string of the molecule is O=Cc1cccnc1-c1ccccc1. The van der Waals surface area contributed by atoms with Crippen LogP contribution in [0, 0.1) is 0 Å². The first-order valence-electron chi connectivity index (χ1n) is 4.37. The zero-order valence-electron chi connectivity index (χ0n) is 7.55. The van der Waals surface area contributed by atoms with Gasteiger partial charge in [0, 0.05) is 17.3 Å². The van der Waals surface area contributed by atoms with Crippen LogP contribution in [0.2, 0.25) is 0 Å². The second kappa shape index (κ2) is 3.83. The molecule has 1 heterocycles. The lowest BCUT2D eigenvalue weighted by atomic mass is 10.1. The second-order valence-electron chi connectivity index (χ2n) is 2.93. The molecule has 0 N–H and O–H groups in total. The molecule has 0 aliphatic carbocycles. The van der Waals surface area contributed by atoms with Gasteiger partial charge in [-0.1, -0.05) is 30.3 Å². The molecular formula is C12H9NO. The number of hydrogen-bond acceptors (Lipinski definition) is 2. The van der Waals surface area contributed by atoms with Gasteiger partial charge in [-0.25, -0.2) is 0 Å². The summed E-state index contributed by atoms with van der Waals surface area (Å²) >= 11 is 0. The molecule has 0 amide bonds. The molecule has 2 rings (SSSR count). The summed E-state index contributed by atoms with van der Waals surface area (Å²) in [7, 11) is 0. The van der Waals surface area contributed by atoms with E-state index in [9.17, 15) is 4.79 Å². The van der Waals surface area contributed by atoms with E-state index in [1.165, 1.54) is 0 Å². The molecule has 0 radical (unpaired) electrons. The van der Waals surface area contributed by atoms with Crippen molar-refractivity contribution in [1.82, 2.24) is 4.98 Å². The Morgan fingerprint density at radius 2 is 1.79 bits per heavy atom. The van der Waals surface area contributed by atoms with Crippen LogP contribution < -0.4 is 0 Å². The fraction of sp³-hybridized carbons (Fsp3) is 0. The van der Waals surface area contributed by atoms with E-state index in [4.69, 9.17) is 0 Å². The summed E-state index contributed by atoms with van der Waals surface area (Å²) in [5.74, 6) is 0. The van der Waals surface area contributed by atoms with Gasteiger partial charge < -0.3 is 0 Å². The Bertz CT molecular complexity index is 437. The highest BCUT2D eigenvalue weighted by Crippen LogP contribution is 2.18. The zero-order valence-corrected chi connectivity index (χ0v) is 7.55. The van der Waals surface area contributed by atoms with Crippen LogP contribution in [0.5, 0.6) is 0 Å². The Kier molecular flexibility index (Phi) is 2.36. The van der Waals surface area contributed by atoms with Crippen LogP contribution in [-0.2, 0) is 0 Å². The predicted octanol–water partition coefficient (Wildman–Crippen LogP) is 2.56. The van der Waals surface area contributed by atoms with Crippen LogP contribution >= 0.6 is 0 Å². The fourth-order valence-electron chi connectivity index (χ4n) is 1.35. The lowest BCUT2D eigenvalue weighted by Crippen LogP contribution is -1.89. The van der Waals surface area contributed by atoms with Crippen LogP contribution in [-0.4, -0.2) is 11.3 Å². The highest BCUT2D eigenvalue weighted by atomic mass is 16.1. The van der Waals surface area contributed by atoms with Gasteiger partial charge in [-0.05, 0) is 12.1 Å². The van der Waals surface area contributed by atoms with E-state index in [0.29, 0.717) is 5.56 Å². The first-order valence-corrected chi connectivity index (χ1v) is 4.37. The summed E-state index contributed by atoms with van der Waals surface area (Å²) in [6.07, 6.45) is 2.52. The highest BCUT2D eigenvalue weighted by molar-refractivity contribution is 5.85. The van der Waals surface area contributed by atoms with Crippen LogP contribution in [0.4, 0.5) is 0 Å². The van der Waals surface area contributed by atoms with Gasteiger partial charge in [0.05, 0.1) is 5.69 Å². The minimum atomic E-state index is 0.624. The predicted molar refractivity (Wildman–Crippen MR) is 55.1 cm³/mol. The van der Waals surface area contributed by atoms with Crippen LogP contribution in [0.25, 0.3) is 11.3 Å². The van der Waals surface area contributed by atoms with E-state index in [0.717, 1.165) is 17.5 Å². The average Bonchev–Trinajstić information content (AvgIpc) is 2.30. The number of hydrogen-bond donors (Lipinski definition) is 0. The highest BCUT2D eigenvalue weighted by Gasteiger charge is 2.03. The van der Waals surface area contributed by atoms with Crippen LogP contribution in [0.1, 0.15) is 10.4 Å². The van der Waals surface area contributed by atoms with E-state index in [1.807, 2.05) is 30.3 Å². The molecule has 0 aliphatic heterocycles. The summed E-state index contributed by atoms with van der Waals surface area (Å²) in [6.45, 7) is 0. The molecule has 68 valence electrons. The molecule has 0 saturated carbocycles. The maximum absolute atomic E-state index is 10.8. The quantitative estimate of drug-likeness (QED) is 0.670. The molecule has 0 saturated heterocycles. The van der Waals surface area contributed by atoms with Crippen molar-refractivity contribution in [3.05, 3.63) is 54.2 Å². The monoisotopic (exact) mass is 183 g/mol. The first kappa shape index (κ1) is 8.63. The zero-order chi connectivity index (χ0) is 9.80. The van der Waals surface area contributed by atoms with E-state index >= 15 is 0 Å². The van der Waals surface area contributed by atoms with E-state index in [-0.39, 0.29) is 0 Å². The molecule has 0 spiro atoms. The molecule has 0 bridgehead atoms. The van der Waals surface area contributed by atoms with Crippen LogP contribution in [0.3, 0.4) is 0 Å². The van der Waals surface area contributed by atoms with Gasteiger partial charge in [0.2, 0.25) is 0 Å². The Hall–Kier alpha value is -1.96. The Labute approximate surface area is 82.2 Å². The van der Waals surface area contributed by atoms with Gasteiger partial charge in [-0.2, -0.15) is 0 Å². The summed E-state index contributed by atoms with van der Waals surface area (Å²) in [6, 6.07) is 13.2. The molecule has 0 aliphatic rings. The number of rotatable bonds is 2. The molecule has 2 aromatic rings. The number of carbonyl (C=O) groups excluding carboxylic acids is 1. The summed E-state index contributed by atoms with van der Waals surface area (Å²) in [4.78, 5) is 14.9. The normalized spacial score (nSPS) is 9.71. The summed E-state index contributed by atoms with van der Waals surface area (Å²) in [5.41, 5.74) is 2.33. The molecule has 1 aromatic carbocycles. The fourth-order valence-corrected chi connectivity index (χ4v) is 1.35. The molecule has 2 nitrogen and oxygen atoms in total. The second-order valence-corrected chi connectivity index (χ2v) is 2.93. The lowest BCUT2D eigenvalue weighted by molar-refractivity contribution is 0.112. The third-order valence-electron chi connectivity index (χ3n) is 2.01. The number of benzene rings is 1. The standard InChI is InChI=1S/C12H9NO/c14-9-11-7-4-8-13-12(11)10-5-2-1-3-6-10/h1-9H. The Morgan fingerprint density at radius 1 is 1.00 bits per heavy atom. The average molecular weight is 183 g/mol. The minimum absolute atomic E-state index is 0.624. The van der Waals surface area contributed by atoms with Crippen molar-refractivity contribution in [3.8, 4) is 11.3 Å². The molecule has 14 heavy (non-hydrogen) atoms. The van der Waals surface area contributed by atoms with E-state index < -0.39 is 0 Å². The maximum atomic E-state index is 10.8. The number of aromatic nitrogens is 1. The van der Waals surface area contributed by atoms with Gasteiger partial charge in [0.15, 0.2) is 6.29 Å². The Morgan fingerprint density at radius 3 is 2.50 bits per heavy atom. The molecule has 2 heteroatoms. The van der Waals surface area contributed by atoms with Crippen molar-refractivity contribution >= 4 is 6.29 Å². The first-order chi connectivity index (χ1) is 6.92. The molecule has 0 atom stereocenters. The van der Waals surface area contributed by atoms with Gasteiger partial charge in [-0.15, -0.1) is 0 Å². The largest absolute Gasteiger partial charge is 0.298 e. The topological polar surface area (TPSA) is 30.0 Å². The number of pyridine rings is 1. The number of carbonyl (C=O) groups is 1. The number of aldehydes is 1.